The monoisotopic (exact) mass is 469 g/mol. The number of ether oxygens (including phenoxy) is 1. The van der Waals surface area contributed by atoms with Gasteiger partial charge in [-0.2, -0.15) is 4.73 Å². The Kier molecular flexibility index (Phi) is 5.94. The Morgan fingerprint density at radius 1 is 1.32 bits per heavy atom. The van der Waals surface area contributed by atoms with Crippen LogP contribution in [0.2, 0.25) is 0 Å². The van der Waals surface area contributed by atoms with Gasteiger partial charge in [-0.1, -0.05) is 0 Å². The van der Waals surface area contributed by atoms with Crippen LogP contribution in [0.25, 0.3) is 11.2 Å². The SMILES string of the molecule is I.N=c1c2ncn([C@@H]3O[C@H](CO)[C@@H](O)[C@H]3O)c2ncn1OCC(=O)O. The second kappa shape index (κ2) is 7.61. The summed E-state index contributed by atoms with van der Waals surface area (Å²) >= 11 is 0. The zero-order chi connectivity index (χ0) is 17.4. The number of hydrogen-bond donors (Lipinski definition) is 5. The van der Waals surface area contributed by atoms with E-state index in [-0.39, 0.29) is 40.6 Å². The first-order chi connectivity index (χ1) is 11.4. The molecule has 5 N–H and O–H groups in total. The van der Waals surface area contributed by atoms with E-state index in [1.165, 1.54) is 10.9 Å². The number of fused-ring (bicyclic) bond motifs is 1. The van der Waals surface area contributed by atoms with Crippen molar-refractivity contribution in [2.45, 2.75) is 24.5 Å². The summed E-state index contributed by atoms with van der Waals surface area (Å²) in [6.07, 6.45) is -2.23. The molecule has 1 saturated heterocycles. The van der Waals surface area contributed by atoms with Gasteiger partial charge in [0.25, 0.3) is 0 Å². The standard InChI is InChI=1S/C12H15N5O7.HI/c13-10-7-11(15-4-17(10)23-2-6(19)20)16(3-14-7)12-9(22)8(21)5(1-18)24-12;/h3-5,8-9,12-13,18,21-22H,1-2H2,(H,19,20);1H/t5-,8-,9-,12-;/m1./s1. The van der Waals surface area contributed by atoms with E-state index in [0.717, 1.165) is 11.1 Å². The van der Waals surface area contributed by atoms with Gasteiger partial charge in [0.2, 0.25) is 6.61 Å². The third-order valence-electron chi connectivity index (χ3n) is 3.62. The number of aliphatic carboxylic acids is 1. The number of nitrogens with one attached hydrogen (secondary N) is 1. The third-order valence-corrected chi connectivity index (χ3v) is 3.62. The van der Waals surface area contributed by atoms with Crippen LogP contribution in [0.5, 0.6) is 0 Å². The van der Waals surface area contributed by atoms with Crippen LogP contribution < -0.4 is 10.3 Å². The highest BCUT2D eigenvalue weighted by Crippen LogP contribution is 2.30. The Balaban J connectivity index is 0.00000225. The molecule has 2 aromatic heterocycles. The van der Waals surface area contributed by atoms with Crippen LogP contribution in [-0.2, 0) is 9.53 Å². The topological polar surface area (TPSA) is 176 Å². The molecule has 1 aliphatic rings. The summed E-state index contributed by atoms with van der Waals surface area (Å²) in [4.78, 5) is 23.4. The molecule has 0 aliphatic carbocycles. The summed E-state index contributed by atoms with van der Waals surface area (Å²) in [6.45, 7) is -1.12. The molecular weight excluding hydrogens is 453 g/mol. The quantitative estimate of drug-likeness (QED) is 0.295. The van der Waals surface area contributed by atoms with E-state index in [4.69, 9.17) is 25.2 Å². The van der Waals surface area contributed by atoms with Crippen LogP contribution in [0.15, 0.2) is 12.7 Å². The van der Waals surface area contributed by atoms with E-state index in [1.54, 1.807) is 0 Å². The Hall–Kier alpha value is -1.81. The van der Waals surface area contributed by atoms with Gasteiger partial charge in [-0.25, -0.2) is 14.8 Å². The van der Waals surface area contributed by atoms with Gasteiger partial charge in [-0.05, 0) is 0 Å². The number of halogens is 1. The van der Waals surface area contributed by atoms with Crippen molar-refractivity contribution in [3.8, 4) is 0 Å². The normalized spacial score (nSPS) is 25.7. The summed E-state index contributed by atoms with van der Waals surface area (Å²) < 4.78 is 7.56. The Bertz CT molecular complexity index is 824. The number of carboxylic acids is 1. The van der Waals surface area contributed by atoms with Crippen molar-refractivity contribution in [1.29, 1.82) is 5.41 Å². The van der Waals surface area contributed by atoms with Crippen LogP contribution in [0, 0.1) is 5.41 Å². The molecule has 3 rings (SSSR count). The van der Waals surface area contributed by atoms with E-state index < -0.39 is 43.7 Å². The molecule has 1 fully saturated rings. The van der Waals surface area contributed by atoms with Gasteiger partial charge < -0.3 is 30.0 Å². The van der Waals surface area contributed by atoms with Gasteiger partial charge in [-0.3, -0.25) is 9.98 Å². The Morgan fingerprint density at radius 3 is 2.64 bits per heavy atom. The summed E-state index contributed by atoms with van der Waals surface area (Å²) in [5.74, 6) is -1.21. The number of aliphatic hydroxyl groups is 3. The minimum Gasteiger partial charge on any atom is -0.479 e. The predicted molar refractivity (Wildman–Crippen MR) is 88.9 cm³/mol. The van der Waals surface area contributed by atoms with Crippen LogP contribution in [0.3, 0.4) is 0 Å². The smallest absolute Gasteiger partial charge is 0.344 e. The fourth-order valence-electron chi connectivity index (χ4n) is 2.44. The maximum absolute atomic E-state index is 10.5. The number of carbonyl (C=O) groups is 1. The van der Waals surface area contributed by atoms with Gasteiger partial charge in [0.05, 0.1) is 12.9 Å². The lowest BCUT2D eigenvalue weighted by Crippen LogP contribution is -2.33. The summed E-state index contributed by atoms with van der Waals surface area (Å²) in [6, 6.07) is 0. The second-order valence-electron chi connectivity index (χ2n) is 5.14. The molecule has 25 heavy (non-hydrogen) atoms. The lowest BCUT2D eigenvalue weighted by Gasteiger charge is -2.16. The average molecular weight is 469 g/mol. The molecular formula is C12H16IN5O7. The highest BCUT2D eigenvalue weighted by Gasteiger charge is 2.43. The van der Waals surface area contributed by atoms with Gasteiger partial charge >= 0.3 is 5.97 Å². The molecule has 13 heteroatoms. The zero-order valence-electron chi connectivity index (χ0n) is 12.6. The van der Waals surface area contributed by atoms with Crippen molar-refractivity contribution < 1.29 is 34.8 Å². The van der Waals surface area contributed by atoms with E-state index in [1.807, 2.05) is 0 Å². The van der Waals surface area contributed by atoms with Gasteiger partial charge in [0.1, 0.15) is 24.6 Å². The lowest BCUT2D eigenvalue weighted by atomic mass is 10.1. The lowest BCUT2D eigenvalue weighted by molar-refractivity contribution is -0.142. The number of carboxylic acid groups (broad SMARTS) is 1. The number of rotatable bonds is 5. The minimum atomic E-state index is -1.31. The molecule has 138 valence electrons. The molecule has 12 nitrogen and oxygen atoms in total. The first-order valence-electron chi connectivity index (χ1n) is 6.90. The highest BCUT2D eigenvalue weighted by atomic mass is 127. The summed E-state index contributed by atoms with van der Waals surface area (Å²) in [5.41, 5.74) is 0.0115. The second-order valence-corrected chi connectivity index (χ2v) is 5.14. The molecule has 0 unspecified atom stereocenters. The van der Waals surface area contributed by atoms with Crippen LogP contribution >= 0.6 is 24.0 Å². The maximum atomic E-state index is 10.5. The molecule has 3 heterocycles. The first kappa shape index (κ1) is 19.5. The van der Waals surface area contributed by atoms with Gasteiger partial charge in [-0.15, -0.1) is 24.0 Å². The van der Waals surface area contributed by atoms with Crippen molar-refractivity contribution in [2.75, 3.05) is 13.2 Å². The maximum Gasteiger partial charge on any atom is 0.344 e. The molecule has 0 bridgehead atoms. The largest absolute Gasteiger partial charge is 0.479 e. The highest BCUT2D eigenvalue weighted by molar-refractivity contribution is 14.0. The molecule has 2 aromatic rings. The van der Waals surface area contributed by atoms with E-state index in [2.05, 4.69) is 9.97 Å². The van der Waals surface area contributed by atoms with Crippen molar-refractivity contribution >= 4 is 41.1 Å². The minimum absolute atomic E-state index is 0. The predicted octanol–water partition coefficient (Wildman–Crippen LogP) is -2.55. The number of aliphatic hydroxyl groups excluding tert-OH is 3. The fourth-order valence-corrected chi connectivity index (χ4v) is 2.44. The van der Waals surface area contributed by atoms with E-state index in [0.29, 0.717) is 0 Å². The van der Waals surface area contributed by atoms with Crippen LogP contribution in [-0.4, -0.2) is 77.2 Å². The van der Waals surface area contributed by atoms with Crippen molar-refractivity contribution in [3.05, 3.63) is 18.1 Å². The molecule has 0 spiro atoms. The Labute approximate surface area is 156 Å². The van der Waals surface area contributed by atoms with Gasteiger partial charge in [0, 0.05) is 0 Å². The summed E-state index contributed by atoms with van der Waals surface area (Å²) in [5, 5.41) is 45.6. The number of imidazole rings is 1. The Morgan fingerprint density at radius 2 is 2.04 bits per heavy atom. The third kappa shape index (κ3) is 3.45. The average Bonchev–Trinajstić information content (AvgIpc) is 3.09. The van der Waals surface area contributed by atoms with Crippen molar-refractivity contribution in [1.82, 2.24) is 19.3 Å². The number of hydrogen-bond acceptors (Lipinski definition) is 9. The number of aromatic nitrogens is 4. The fraction of sp³-hybridized carbons (Fsp3) is 0.500. The molecule has 4 atom stereocenters. The van der Waals surface area contributed by atoms with Crippen LogP contribution in [0.1, 0.15) is 6.23 Å². The molecule has 0 aromatic carbocycles. The number of nitrogens with zero attached hydrogens (tertiary/aromatic N) is 4. The molecule has 1 aliphatic heterocycles. The molecule has 0 amide bonds. The van der Waals surface area contributed by atoms with Crippen molar-refractivity contribution in [2.24, 2.45) is 0 Å². The van der Waals surface area contributed by atoms with Crippen molar-refractivity contribution in [3.63, 3.8) is 0 Å². The summed E-state index contributed by atoms with van der Waals surface area (Å²) in [7, 11) is 0. The molecule has 0 radical (unpaired) electrons. The zero-order valence-corrected chi connectivity index (χ0v) is 14.9. The first-order valence-corrected chi connectivity index (χ1v) is 6.90. The molecule has 0 saturated carbocycles. The van der Waals surface area contributed by atoms with E-state index in [9.17, 15) is 15.0 Å². The van der Waals surface area contributed by atoms with E-state index >= 15 is 0 Å². The van der Waals surface area contributed by atoms with Gasteiger partial charge in [0.15, 0.2) is 22.9 Å². The van der Waals surface area contributed by atoms with Crippen LogP contribution in [0.4, 0.5) is 0 Å².